The highest BCUT2D eigenvalue weighted by atomic mass is 16.4. The zero-order chi connectivity index (χ0) is 9.97. The van der Waals surface area contributed by atoms with Crippen LogP contribution in [0.2, 0.25) is 0 Å². The molecular weight excluding hydrogens is 176 g/mol. The summed E-state index contributed by atoms with van der Waals surface area (Å²) in [6, 6.07) is 0. The van der Waals surface area contributed by atoms with E-state index in [0.717, 1.165) is 19.3 Å². The molecule has 4 bridgehead atoms. The van der Waals surface area contributed by atoms with Crippen LogP contribution in [0.5, 0.6) is 0 Å². The first-order valence-corrected chi connectivity index (χ1v) is 5.73. The Bertz CT molecular complexity index is 281. The highest BCUT2D eigenvalue weighted by molar-refractivity contribution is 5.73. The fourth-order valence-electron chi connectivity index (χ4n) is 4.96. The number of carbonyl (C=O) groups excluding carboxylic acids is 1. The Balaban J connectivity index is 2.00. The molecule has 0 radical (unpaired) electrons. The third-order valence-corrected chi connectivity index (χ3v) is 4.79. The summed E-state index contributed by atoms with van der Waals surface area (Å²) in [5.74, 6) is 0.594. The van der Waals surface area contributed by atoms with Crippen molar-refractivity contribution in [3.8, 4) is 0 Å². The van der Waals surface area contributed by atoms with E-state index >= 15 is 0 Å². The summed E-state index contributed by atoms with van der Waals surface area (Å²) in [5.41, 5.74) is -0.108. The van der Waals surface area contributed by atoms with E-state index in [0.29, 0.717) is 17.3 Å². The summed E-state index contributed by atoms with van der Waals surface area (Å²) in [5, 5.41) is 11.3. The van der Waals surface area contributed by atoms with Gasteiger partial charge < -0.3 is 9.90 Å². The lowest BCUT2D eigenvalue weighted by Crippen LogP contribution is -2.57. The average Bonchev–Trinajstić information content (AvgIpc) is 1.98. The van der Waals surface area contributed by atoms with Crippen molar-refractivity contribution >= 4 is 5.97 Å². The molecule has 2 heteroatoms. The topological polar surface area (TPSA) is 40.1 Å². The molecule has 2 nitrogen and oxygen atoms in total. The Kier molecular flexibility index (Phi) is 1.46. The van der Waals surface area contributed by atoms with Gasteiger partial charge in [0.2, 0.25) is 0 Å². The van der Waals surface area contributed by atoms with E-state index in [1.165, 1.54) is 19.3 Å². The predicted octanol–water partition coefficient (Wildman–Crippen LogP) is 1.34. The van der Waals surface area contributed by atoms with Crippen molar-refractivity contribution in [1.29, 1.82) is 0 Å². The Morgan fingerprint density at radius 1 is 1.21 bits per heavy atom. The first-order valence-electron chi connectivity index (χ1n) is 5.73. The van der Waals surface area contributed by atoms with Crippen molar-refractivity contribution in [2.24, 2.45) is 22.7 Å². The van der Waals surface area contributed by atoms with Gasteiger partial charge in [-0.2, -0.15) is 0 Å². The summed E-state index contributed by atoms with van der Waals surface area (Å²) >= 11 is 0. The largest absolute Gasteiger partial charge is 0.550 e. The maximum atomic E-state index is 11.3. The first-order chi connectivity index (χ1) is 6.51. The maximum absolute atomic E-state index is 11.3. The molecule has 4 fully saturated rings. The number of rotatable bonds is 1. The van der Waals surface area contributed by atoms with Crippen LogP contribution in [0, 0.1) is 22.7 Å². The van der Waals surface area contributed by atoms with E-state index < -0.39 is 11.4 Å². The number of hydrogen-bond donors (Lipinski definition) is 0. The molecule has 0 aromatic carbocycles. The minimum atomic E-state index is -0.766. The van der Waals surface area contributed by atoms with Gasteiger partial charge >= 0.3 is 0 Å². The van der Waals surface area contributed by atoms with Crippen molar-refractivity contribution in [2.75, 3.05) is 0 Å². The molecule has 0 heterocycles. The Hall–Kier alpha value is -0.530. The lowest BCUT2D eigenvalue weighted by atomic mass is 9.45. The van der Waals surface area contributed by atoms with Gasteiger partial charge in [-0.25, -0.2) is 0 Å². The smallest absolute Gasteiger partial charge is 0.0476 e. The van der Waals surface area contributed by atoms with Gasteiger partial charge in [-0.3, -0.25) is 0 Å². The fraction of sp³-hybridized carbons (Fsp3) is 0.917. The van der Waals surface area contributed by atoms with Gasteiger partial charge in [-0.1, -0.05) is 6.92 Å². The van der Waals surface area contributed by atoms with Crippen LogP contribution < -0.4 is 5.11 Å². The van der Waals surface area contributed by atoms with Crippen LogP contribution in [0.25, 0.3) is 0 Å². The molecule has 4 aliphatic rings. The zero-order valence-corrected chi connectivity index (χ0v) is 8.71. The summed E-state index contributed by atoms with van der Waals surface area (Å²) in [6.45, 7) is 2.28. The van der Waals surface area contributed by atoms with Crippen LogP contribution in [0.1, 0.15) is 45.4 Å². The quantitative estimate of drug-likeness (QED) is 0.630. The van der Waals surface area contributed by atoms with E-state index in [1.54, 1.807) is 0 Å². The normalized spacial score (nSPS) is 54.9. The lowest BCUT2D eigenvalue weighted by Gasteiger charge is -2.61. The fourth-order valence-corrected chi connectivity index (χ4v) is 4.96. The second-order valence-corrected chi connectivity index (χ2v) is 6.34. The maximum Gasteiger partial charge on any atom is 0.0476 e. The molecule has 2 atom stereocenters. The van der Waals surface area contributed by atoms with Crippen molar-refractivity contribution in [2.45, 2.75) is 45.4 Å². The van der Waals surface area contributed by atoms with Gasteiger partial charge in [0, 0.05) is 11.4 Å². The Labute approximate surface area is 84.7 Å². The van der Waals surface area contributed by atoms with E-state index in [4.69, 9.17) is 0 Å². The van der Waals surface area contributed by atoms with Crippen molar-refractivity contribution in [3.63, 3.8) is 0 Å². The second kappa shape index (κ2) is 2.34. The van der Waals surface area contributed by atoms with E-state index in [9.17, 15) is 9.90 Å². The van der Waals surface area contributed by atoms with Crippen LogP contribution in [0.3, 0.4) is 0 Å². The van der Waals surface area contributed by atoms with E-state index in [-0.39, 0.29) is 0 Å². The molecule has 4 rings (SSSR count). The molecule has 0 aliphatic heterocycles. The molecule has 4 saturated carbocycles. The van der Waals surface area contributed by atoms with Gasteiger partial charge in [0.25, 0.3) is 0 Å². The van der Waals surface area contributed by atoms with Crippen LogP contribution in [0.4, 0.5) is 0 Å². The first kappa shape index (κ1) is 8.75. The van der Waals surface area contributed by atoms with Gasteiger partial charge in [-0.05, 0) is 55.8 Å². The molecule has 0 aromatic heterocycles. The number of carboxylic acids is 1. The zero-order valence-electron chi connectivity index (χ0n) is 8.71. The van der Waals surface area contributed by atoms with Crippen LogP contribution in [-0.4, -0.2) is 5.97 Å². The summed E-state index contributed by atoms with van der Waals surface area (Å²) in [6.07, 6.45) is 6.50. The Morgan fingerprint density at radius 3 is 2.21 bits per heavy atom. The number of hydrogen-bond acceptors (Lipinski definition) is 2. The predicted molar refractivity (Wildman–Crippen MR) is 50.2 cm³/mol. The molecule has 0 aromatic rings. The minimum Gasteiger partial charge on any atom is -0.550 e. The van der Waals surface area contributed by atoms with Crippen LogP contribution >= 0.6 is 0 Å². The molecule has 0 spiro atoms. The average molecular weight is 193 g/mol. The lowest BCUT2D eigenvalue weighted by molar-refractivity contribution is -0.329. The van der Waals surface area contributed by atoms with Crippen molar-refractivity contribution < 1.29 is 9.90 Å². The molecule has 0 amide bonds. The second-order valence-electron chi connectivity index (χ2n) is 6.34. The van der Waals surface area contributed by atoms with Gasteiger partial charge in [0.1, 0.15) is 0 Å². The highest BCUT2D eigenvalue weighted by Gasteiger charge is 2.56. The highest BCUT2D eigenvalue weighted by Crippen LogP contribution is 2.64. The molecule has 2 unspecified atom stereocenters. The SMILES string of the molecule is CC12CC3CC(C1)CC(C(=O)[O-])(C3)C2. The van der Waals surface area contributed by atoms with Gasteiger partial charge in [0.15, 0.2) is 0 Å². The van der Waals surface area contributed by atoms with Gasteiger partial charge in [-0.15, -0.1) is 0 Å². The standard InChI is InChI=1S/C12H18O2/c1-11-3-8-2-9(4-11)6-12(5-8,7-11)10(13)14/h8-9H,2-7H2,1H3,(H,13,14)/p-1. The number of carbonyl (C=O) groups is 1. The number of aliphatic carboxylic acids is 1. The summed E-state index contributed by atoms with van der Waals surface area (Å²) in [4.78, 5) is 11.3. The Morgan fingerprint density at radius 2 is 1.79 bits per heavy atom. The van der Waals surface area contributed by atoms with Crippen LogP contribution in [-0.2, 0) is 4.79 Å². The van der Waals surface area contributed by atoms with E-state index in [1.807, 2.05) is 0 Å². The van der Waals surface area contributed by atoms with E-state index in [2.05, 4.69) is 6.92 Å². The van der Waals surface area contributed by atoms with Crippen LogP contribution in [0.15, 0.2) is 0 Å². The monoisotopic (exact) mass is 193 g/mol. The molecule has 78 valence electrons. The van der Waals surface area contributed by atoms with Crippen molar-refractivity contribution in [1.82, 2.24) is 0 Å². The minimum absolute atomic E-state index is 0.324. The van der Waals surface area contributed by atoms with Crippen molar-refractivity contribution in [3.05, 3.63) is 0 Å². The molecule has 14 heavy (non-hydrogen) atoms. The summed E-state index contributed by atoms with van der Waals surface area (Å²) < 4.78 is 0. The van der Waals surface area contributed by atoms with Gasteiger partial charge in [0.05, 0.1) is 0 Å². The number of carboxylic acid groups (broad SMARTS) is 1. The molecule has 0 saturated heterocycles. The molecule has 0 N–H and O–H groups in total. The summed E-state index contributed by atoms with van der Waals surface area (Å²) in [7, 11) is 0. The molecule has 4 aliphatic carbocycles. The third kappa shape index (κ3) is 0.999. The third-order valence-electron chi connectivity index (χ3n) is 4.79. The molecular formula is C12H17O2-.